The first kappa shape index (κ1) is 33.3. The molecule has 3 aromatic rings. The van der Waals surface area contributed by atoms with Gasteiger partial charge in [-0.1, -0.05) is 91.0 Å². The molecule has 0 aromatic heterocycles. The predicted molar refractivity (Wildman–Crippen MR) is 162 cm³/mol. The molecular weight excluding hydrogens is 564 g/mol. The normalized spacial score (nSPS) is 22.2. The number of esters is 2. The Kier molecular flexibility index (Phi) is 13.3. The molecule has 1 aliphatic heterocycles. The van der Waals surface area contributed by atoms with Gasteiger partial charge in [0.2, 0.25) is 0 Å². The summed E-state index contributed by atoms with van der Waals surface area (Å²) in [5, 5.41) is 0. The number of carbonyl (C=O) groups is 2. The van der Waals surface area contributed by atoms with E-state index in [1.807, 2.05) is 91.0 Å². The van der Waals surface area contributed by atoms with E-state index in [1.165, 1.54) is 6.92 Å². The van der Waals surface area contributed by atoms with Crippen LogP contribution >= 0.6 is 0 Å². The van der Waals surface area contributed by atoms with Crippen LogP contribution in [0.15, 0.2) is 91.0 Å². The van der Waals surface area contributed by atoms with Crippen LogP contribution in [-0.4, -0.2) is 62.0 Å². The van der Waals surface area contributed by atoms with Gasteiger partial charge in [-0.2, -0.15) is 0 Å². The van der Waals surface area contributed by atoms with E-state index in [2.05, 4.69) is 0 Å². The highest BCUT2D eigenvalue weighted by Crippen LogP contribution is 2.32. The second-order valence-corrected chi connectivity index (χ2v) is 10.6. The van der Waals surface area contributed by atoms with Crippen molar-refractivity contribution in [2.45, 2.75) is 83.8 Å². The van der Waals surface area contributed by atoms with Gasteiger partial charge in [0.25, 0.3) is 0 Å². The standard InChI is InChI=1S/C35H42O9/c1-4-38-31(37)20-25(2)43-35-34(42-23-29-18-12-7-13-19-29)33(41-22-28-16-10-6-11-17-28)32(30(44-35)24-39-26(3)36)40-21-27-14-8-5-9-15-27/h5-19,25,30,32-35H,4,20-24H2,1-3H3/t25?,30?,32-,33+,34?,35-/m1/s1. The Morgan fingerprint density at radius 2 is 1.18 bits per heavy atom. The zero-order chi connectivity index (χ0) is 31.1. The molecule has 0 N–H and O–H groups in total. The van der Waals surface area contributed by atoms with Crippen LogP contribution in [0.1, 0.15) is 43.9 Å². The van der Waals surface area contributed by atoms with Gasteiger partial charge in [0.1, 0.15) is 31.0 Å². The van der Waals surface area contributed by atoms with E-state index < -0.39 is 42.8 Å². The van der Waals surface area contributed by atoms with Crippen molar-refractivity contribution in [2.24, 2.45) is 0 Å². The zero-order valence-corrected chi connectivity index (χ0v) is 25.5. The van der Waals surface area contributed by atoms with Gasteiger partial charge in [-0.15, -0.1) is 0 Å². The number of carbonyl (C=O) groups excluding carboxylic acids is 2. The minimum atomic E-state index is -0.971. The highest BCUT2D eigenvalue weighted by atomic mass is 16.7. The average Bonchev–Trinajstić information content (AvgIpc) is 3.03. The molecule has 6 atom stereocenters. The van der Waals surface area contributed by atoms with Crippen LogP contribution in [0.5, 0.6) is 0 Å². The van der Waals surface area contributed by atoms with Crippen LogP contribution in [-0.2, 0) is 62.6 Å². The maximum atomic E-state index is 12.2. The van der Waals surface area contributed by atoms with Gasteiger partial charge in [-0.05, 0) is 30.5 Å². The molecule has 1 heterocycles. The fourth-order valence-electron chi connectivity index (χ4n) is 4.92. The van der Waals surface area contributed by atoms with Gasteiger partial charge < -0.3 is 33.2 Å². The van der Waals surface area contributed by atoms with Crippen LogP contribution in [0, 0.1) is 0 Å². The highest BCUT2D eigenvalue weighted by molar-refractivity contribution is 5.69. The molecule has 9 nitrogen and oxygen atoms in total. The summed E-state index contributed by atoms with van der Waals surface area (Å²) >= 11 is 0. The van der Waals surface area contributed by atoms with Crippen molar-refractivity contribution in [3.05, 3.63) is 108 Å². The summed E-state index contributed by atoms with van der Waals surface area (Å²) in [6, 6.07) is 29.3. The molecule has 3 unspecified atom stereocenters. The number of hydrogen-bond donors (Lipinski definition) is 0. The summed E-state index contributed by atoms with van der Waals surface area (Å²) in [5.41, 5.74) is 2.88. The van der Waals surface area contributed by atoms with Gasteiger partial charge in [0.05, 0.1) is 39.0 Å². The van der Waals surface area contributed by atoms with Crippen molar-refractivity contribution in [2.75, 3.05) is 13.2 Å². The van der Waals surface area contributed by atoms with E-state index in [9.17, 15) is 9.59 Å². The number of ether oxygens (including phenoxy) is 7. The molecule has 236 valence electrons. The van der Waals surface area contributed by atoms with Crippen molar-refractivity contribution in [3.8, 4) is 0 Å². The first-order chi connectivity index (χ1) is 21.4. The van der Waals surface area contributed by atoms with Gasteiger partial charge in [-0.3, -0.25) is 9.59 Å². The van der Waals surface area contributed by atoms with E-state index in [0.717, 1.165) is 16.7 Å². The van der Waals surface area contributed by atoms with Gasteiger partial charge in [-0.25, -0.2) is 0 Å². The third kappa shape index (κ3) is 10.5. The van der Waals surface area contributed by atoms with Crippen molar-refractivity contribution >= 4 is 11.9 Å². The Labute approximate surface area is 259 Å². The van der Waals surface area contributed by atoms with Crippen LogP contribution in [0.3, 0.4) is 0 Å². The summed E-state index contributed by atoms with van der Waals surface area (Å²) in [6.45, 7) is 5.85. The lowest BCUT2D eigenvalue weighted by Gasteiger charge is -2.46. The molecule has 44 heavy (non-hydrogen) atoms. The summed E-state index contributed by atoms with van der Waals surface area (Å²) < 4.78 is 42.9. The van der Waals surface area contributed by atoms with Crippen LogP contribution in [0.2, 0.25) is 0 Å². The Balaban J connectivity index is 1.65. The molecule has 1 aliphatic rings. The SMILES string of the molecule is CCOC(=O)CC(C)O[C@@H]1OC(COC(C)=O)[C@@H](OCc2ccccc2)[C@H](OCc2ccccc2)C1OCc1ccccc1. The monoisotopic (exact) mass is 606 g/mol. The molecule has 9 heteroatoms. The molecule has 0 radical (unpaired) electrons. The van der Waals surface area contributed by atoms with Crippen LogP contribution in [0.25, 0.3) is 0 Å². The van der Waals surface area contributed by atoms with E-state index >= 15 is 0 Å². The zero-order valence-electron chi connectivity index (χ0n) is 25.5. The maximum absolute atomic E-state index is 12.2. The second-order valence-electron chi connectivity index (χ2n) is 10.6. The highest BCUT2D eigenvalue weighted by Gasteiger charge is 2.50. The first-order valence-corrected chi connectivity index (χ1v) is 15.0. The number of benzene rings is 3. The smallest absolute Gasteiger partial charge is 0.308 e. The molecule has 1 saturated heterocycles. The average molecular weight is 607 g/mol. The maximum Gasteiger partial charge on any atom is 0.308 e. The Morgan fingerprint density at radius 1 is 0.705 bits per heavy atom. The largest absolute Gasteiger partial charge is 0.466 e. The predicted octanol–water partition coefficient (Wildman–Crippen LogP) is 5.39. The molecule has 0 amide bonds. The Hall–Kier alpha value is -3.60. The van der Waals surface area contributed by atoms with Crippen LogP contribution in [0.4, 0.5) is 0 Å². The first-order valence-electron chi connectivity index (χ1n) is 15.0. The van der Waals surface area contributed by atoms with E-state index in [0.29, 0.717) is 0 Å². The van der Waals surface area contributed by atoms with Gasteiger partial charge in [0, 0.05) is 6.92 Å². The fraction of sp³-hybridized carbons (Fsp3) is 0.429. The summed E-state index contributed by atoms with van der Waals surface area (Å²) in [7, 11) is 0. The molecule has 0 spiro atoms. The van der Waals surface area contributed by atoms with Crippen LogP contribution < -0.4 is 0 Å². The summed E-state index contributed by atoms with van der Waals surface area (Å²) in [6.07, 6.45) is -4.42. The van der Waals surface area contributed by atoms with E-state index in [1.54, 1.807) is 13.8 Å². The molecule has 0 saturated carbocycles. The molecular formula is C35H42O9. The van der Waals surface area contributed by atoms with E-state index in [4.69, 9.17) is 33.2 Å². The minimum absolute atomic E-state index is 0.0250. The fourth-order valence-corrected chi connectivity index (χ4v) is 4.92. The topological polar surface area (TPSA) is 98.8 Å². The third-order valence-corrected chi connectivity index (χ3v) is 7.02. The lowest BCUT2D eigenvalue weighted by atomic mass is 9.97. The van der Waals surface area contributed by atoms with Crippen molar-refractivity contribution in [3.63, 3.8) is 0 Å². The molecule has 0 aliphatic carbocycles. The van der Waals surface area contributed by atoms with Crippen molar-refractivity contribution in [1.29, 1.82) is 0 Å². The minimum Gasteiger partial charge on any atom is -0.466 e. The Bertz CT molecular complexity index is 1250. The molecule has 0 bridgehead atoms. The molecule has 3 aromatic carbocycles. The second kappa shape index (κ2) is 17.6. The summed E-state index contributed by atoms with van der Waals surface area (Å²) in [4.78, 5) is 24.1. The van der Waals surface area contributed by atoms with Crippen molar-refractivity contribution in [1.82, 2.24) is 0 Å². The van der Waals surface area contributed by atoms with Gasteiger partial charge in [0.15, 0.2) is 6.29 Å². The lowest BCUT2D eigenvalue weighted by Crippen LogP contribution is -2.62. The summed E-state index contributed by atoms with van der Waals surface area (Å²) in [5.74, 6) is -0.831. The third-order valence-electron chi connectivity index (χ3n) is 7.02. The van der Waals surface area contributed by atoms with Gasteiger partial charge >= 0.3 is 11.9 Å². The molecule has 1 fully saturated rings. The Morgan fingerprint density at radius 3 is 1.66 bits per heavy atom. The number of rotatable bonds is 16. The van der Waals surface area contributed by atoms with E-state index in [-0.39, 0.29) is 45.4 Å². The lowest BCUT2D eigenvalue weighted by molar-refractivity contribution is -0.334. The van der Waals surface area contributed by atoms with Crippen molar-refractivity contribution < 1.29 is 42.7 Å². The quantitative estimate of drug-likeness (QED) is 0.199. The molecule has 4 rings (SSSR count). The number of hydrogen-bond acceptors (Lipinski definition) is 9.